The summed E-state index contributed by atoms with van der Waals surface area (Å²) in [7, 11) is 0. The number of rotatable bonds is 6. The lowest BCUT2D eigenvalue weighted by Crippen LogP contribution is -2.13. The van der Waals surface area contributed by atoms with Gasteiger partial charge in [-0.25, -0.2) is 4.68 Å². The van der Waals surface area contributed by atoms with Crippen LogP contribution in [0.5, 0.6) is 5.75 Å². The predicted octanol–water partition coefficient (Wildman–Crippen LogP) is 4.02. The molecule has 154 valence electrons. The van der Waals surface area contributed by atoms with E-state index >= 15 is 0 Å². The minimum Gasteiger partial charge on any atom is -0.471 e. The van der Waals surface area contributed by atoms with Gasteiger partial charge in [-0.3, -0.25) is 9.48 Å². The minimum atomic E-state index is -4.44. The fraction of sp³-hybridized carbons (Fsp3) is 0.316. The van der Waals surface area contributed by atoms with E-state index in [1.54, 1.807) is 24.7 Å². The van der Waals surface area contributed by atoms with Crippen LogP contribution in [-0.4, -0.2) is 25.5 Å². The Labute approximate surface area is 165 Å². The molecule has 0 aliphatic rings. The molecule has 3 rings (SSSR count). The van der Waals surface area contributed by atoms with Crippen molar-refractivity contribution in [2.45, 2.75) is 40.2 Å². The first-order chi connectivity index (χ1) is 13.7. The number of amides is 1. The van der Waals surface area contributed by atoms with Gasteiger partial charge in [0.05, 0.1) is 34.4 Å². The van der Waals surface area contributed by atoms with E-state index in [0.717, 1.165) is 12.1 Å². The van der Waals surface area contributed by atoms with E-state index in [1.807, 2.05) is 6.92 Å². The normalized spacial score (nSPS) is 11.5. The fourth-order valence-electron chi connectivity index (χ4n) is 2.74. The number of hydrogen-bond donors (Lipinski definition) is 1. The number of ether oxygens (including phenoxy) is 1. The zero-order chi connectivity index (χ0) is 21.2. The molecule has 1 amide bonds. The van der Waals surface area contributed by atoms with Crippen molar-refractivity contribution >= 4 is 11.6 Å². The quantitative estimate of drug-likeness (QED) is 0.670. The number of carbonyl (C=O) groups is 1. The second kappa shape index (κ2) is 7.98. The molecule has 29 heavy (non-hydrogen) atoms. The zero-order valence-corrected chi connectivity index (χ0v) is 16.1. The molecule has 0 atom stereocenters. The highest BCUT2D eigenvalue weighted by Gasteiger charge is 2.30. The third kappa shape index (κ3) is 4.58. The average Bonchev–Trinajstić information content (AvgIpc) is 3.26. The Morgan fingerprint density at radius 2 is 2.03 bits per heavy atom. The Morgan fingerprint density at radius 3 is 2.69 bits per heavy atom. The average molecular weight is 407 g/mol. The van der Waals surface area contributed by atoms with Gasteiger partial charge in [-0.05, 0) is 39.0 Å². The molecular weight excluding hydrogens is 387 g/mol. The van der Waals surface area contributed by atoms with Gasteiger partial charge in [0.2, 0.25) is 0 Å². The molecule has 0 saturated heterocycles. The molecule has 2 aromatic heterocycles. The van der Waals surface area contributed by atoms with E-state index < -0.39 is 11.7 Å². The first-order valence-corrected chi connectivity index (χ1v) is 8.87. The molecule has 7 nitrogen and oxygen atoms in total. The van der Waals surface area contributed by atoms with E-state index in [0.29, 0.717) is 29.2 Å². The molecule has 0 saturated carbocycles. The summed E-state index contributed by atoms with van der Waals surface area (Å²) >= 11 is 0. The Morgan fingerprint density at radius 1 is 1.28 bits per heavy atom. The summed E-state index contributed by atoms with van der Waals surface area (Å²) in [6.07, 6.45) is -1.33. The molecule has 1 N–H and O–H groups in total. The van der Waals surface area contributed by atoms with Crippen LogP contribution in [0.15, 0.2) is 36.7 Å². The van der Waals surface area contributed by atoms with Gasteiger partial charge in [0.25, 0.3) is 5.91 Å². The number of aryl methyl sites for hydroxylation is 2. The molecule has 0 spiro atoms. The highest BCUT2D eigenvalue weighted by molar-refractivity contribution is 6.04. The van der Waals surface area contributed by atoms with Crippen molar-refractivity contribution in [3.05, 3.63) is 59.2 Å². The van der Waals surface area contributed by atoms with Crippen LogP contribution in [0.3, 0.4) is 0 Å². The van der Waals surface area contributed by atoms with Gasteiger partial charge in [-0.15, -0.1) is 0 Å². The van der Waals surface area contributed by atoms with Crippen molar-refractivity contribution in [1.29, 1.82) is 0 Å². The number of carbonyl (C=O) groups excluding carboxylic acids is 1. The second-order valence-corrected chi connectivity index (χ2v) is 6.38. The van der Waals surface area contributed by atoms with E-state index in [9.17, 15) is 18.0 Å². The molecule has 0 aliphatic carbocycles. The highest BCUT2D eigenvalue weighted by atomic mass is 19.4. The van der Waals surface area contributed by atoms with Gasteiger partial charge in [-0.2, -0.15) is 23.4 Å². The van der Waals surface area contributed by atoms with E-state index in [2.05, 4.69) is 15.5 Å². The van der Waals surface area contributed by atoms with Crippen molar-refractivity contribution < 1.29 is 22.7 Å². The number of halogens is 3. The first-order valence-electron chi connectivity index (χ1n) is 8.87. The molecule has 0 aliphatic heterocycles. The molecule has 0 fully saturated rings. The van der Waals surface area contributed by atoms with E-state index in [1.165, 1.54) is 23.0 Å². The molecule has 10 heteroatoms. The largest absolute Gasteiger partial charge is 0.471 e. The maximum Gasteiger partial charge on any atom is 0.416 e. The van der Waals surface area contributed by atoms with Crippen molar-refractivity contribution in [1.82, 2.24) is 19.6 Å². The lowest BCUT2D eigenvalue weighted by molar-refractivity contribution is -0.137. The van der Waals surface area contributed by atoms with Crippen LogP contribution in [0.4, 0.5) is 18.9 Å². The van der Waals surface area contributed by atoms with Crippen molar-refractivity contribution in [2.24, 2.45) is 0 Å². The standard InChI is InChI=1S/C19H20F3N5O2/c1-4-26-10-14(9-23-26)18(28)24-17-12(2)25-27(13(17)3)11-29-16-7-5-6-15(8-16)19(20,21)22/h5-10H,4,11H2,1-3H3,(H,24,28). The number of anilines is 1. The SMILES string of the molecule is CCn1cc(C(=O)Nc2c(C)nn(COc3cccc(C(F)(F)F)c3)c2C)cn1. The topological polar surface area (TPSA) is 74.0 Å². The Kier molecular flexibility index (Phi) is 5.62. The summed E-state index contributed by atoms with van der Waals surface area (Å²) < 4.78 is 47.0. The molecule has 1 aromatic carbocycles. The second-order valence-electron chi connectivity index (χ2n) is 6.38. The van der Waals surface area contributed by atoms with Gasteiger partial charge in [0.15, 0.2) is 6.73 Å². The molecule has 0 unspecified atom stereocenters. The van der Waals surface area contributed by atoms with Gasteiger partial charge in [-0.1, -0.05) is 6.07 Å². The molecule has 0 radical (unpaired) electrons. The smallest absolute Gasteiger partial charge is 0.416 e. The van der Waals surface area contributed by atoms with Crippen LogP contribution in [0, 0.1) is 13.8 Å². The molecule has 2 heterocycles. The van der Waals surface area contributed by atoms with Crippen molar-refractivity contribution in [2.75, 3.05) is 5.32 Å². The predicted molar refractivity (Wildman–Crippen MR) is 99.6 cm³/mol. The molecule has 0 bridgehead atoms. The minimum absolute atomic E-state index is 0.0740. The Balaban J connectivity index is 1.72. The monoisotopic (exact) mass is 407 g/mol. The fourth-order valence-corrected chi connectivity index (χ4v) is 2.74. The highest BCUT2D eigenvalue weighted by Crippen LogP contribution is 2.31. The maximum absolute atomic E-state index is 12.8. The van der Waals surface area contributed by atoms with Crippen LogP contribution >= 0.6 is 0 Å². The number of alkyl halides is 3. The summed E-state index contributed by atoms with van der Waals surface area (Å²) in [5.41, 5.74) is 1.33. The van der Waals surface area contributed by atoms with Gasteiger partial charge < -0.3 is 10.1 Å². The van der Waals surface area contributed by atoms with E-state index in [4.69, 9.17) is 4.74 Å². The summed E-state index contributed by atoms with van der Waals surface area (Å²) in [4.78, 5) is 12.4. The Hall–Kier alpha value is -3.30. The van der Waals surface area contributed by atoms with E-state index in [-0.39, 0.29) is 18.4 Å². The van der Waals surface area contributed by atoms with Crippen LogP contribution in [0.25, 0.3) is 0 Å². The van der Waals surface area contributed by atoms with Crippen LogP contribution in [0.2, 0.25) is 0 Å². The maximum atomic E-state index is 12.8. The number of nitrogens with one attached hydrogen (secondary N) is 1. The third-order valence-corrected chi connectivity index (χ3v) is 4.35. The summed E-state index contributed by atoms with van der Waals surface area (Å²) in [6.45, 7) is 5.92. The van der Waals surface area contributed by atoms with Crippen molar-refractivity contribution in [3.63, 3.8) is 0 Å². The van der Waals surface area contributed by atoms with Gasteiger partial charge >= 0.3 is 6.18 Å². The number of aromatic nitrogens is 4. The van der Waals surface area contributed by atoms with Gasteiger partial charge in [0, 0.05) is 12.7 Å². The number of hydrogen-bond acceptors (Lipinski definition) is 4. The summed E-state index contributed by atoms with van der Waals surface area (Å²) in [5, 5.41) is 11.2. The molecular formula is C19H20F3N5O2. The number of benzene rings is 1. The lowest BCUT2D eigenvalue weighted by atomic mass is 10.2. The number of nitrogens with zero attached hydrogens (tertiary/aromatic N) is 4. The first kappa shape index (κ1) is 20.4. The van der Waals surface area contributed by atoms with Crippen molar-refractivity contribution in [3.8, 4) is 5.75 Å². The van der Waals surface area contributed by atoms with Crippen LogP contribution in [0.1, 0.15) is 34.2 Å². The molecule has 3 aromatic rings. The zero-order valence-electron chi connectivity index (χ0n) is 16.1. The summed E-state index contributed by atoms with van der Waals surface area (Å²) in [5.74, 6) is -0.251. The van der Waals surface area contributed by atoms with Crippen LogP contribution in [-0.2, 0) is 19.5 Å². The lowest BCUT2D eigenvalue weighted by Gasteiger charge is -2.11. The summed E-state index contributed by atoms with van der Waals surface area (Å²) in [6, 6.07) is 4.63. The third-order valence-electron chi connectivity index (χ3n) is 4.35. The Bertz CT molecular complexity index is 1020. The van der Waals surface area contributed by atoms with Gasteiger partial charge in [0.1, 0.15) is 5.75 Å². The van der Waals surface area contributed by atoms with Crippen LogP contribution < -0.4 is 10.1 Å².